The van der Waals surface area contributed by atoms with Crippen molar-refractivity contribution in [1.82, 2.24) is 0 Å². The number of amides is 1. The van der Waals surface area contributed by atoms with Gasteiger partial charge in [-0.3, -0.25) is 9.59 Å². The molecule has 1 aromatic heterocycles. The van der Waals surface area contributed by atoms with Crippen molar-refractivity contribution in [3.05, 3.63) is 16.0 Å². The fourth-order valence-electron chi connectivity index (χ4n) is 2.36. The van der Waals surface area contributed by atoms with Crippen LogP contribution >= 0.6 is 11.3 Å². The van der Waals surface area contributed by atoms with E-state index >= 15 is 0 Å². The molecule has 7 heteroatoms. The second-order valence-corrected chi connectivity index (χ2v) is 6.05. The molecule has 2 rings (SSSR count). The highest BCUT2D eigenvalue weighted by molar-refractivity contribution is 7.18. The first kappa shape index (κ1) is 16.6. The highest BCUT2D eigenvalue weighted by Crippen LogP contribution is 2.34. The van der Waals surface area contributed by atoms with Crippen LogP contribution < -0.4 is 5.32 Å². The molecule has 1 N–H and O–H groups in total. The lowest BCUT2D eigenvalue weighted by Gasteiger charge is -2.10. The summed E-state index contributed by atoms with van der Waals surface area (Å²) in [5.41, 5.74) is 0.794. The summed E-state index contributed by atoms with van der Waals surface area (Å²) in [5.74, 6) is -0.976. The summed E-state index contributed by atoms with van der Waals surface area (Å²) >= 11 is 1.10. The summed E-state index contributed by atoms with van der Waals surface area (Å²) in [6.45, 7) is 5.60. The maximum absolute atomic E-state index is 12.2. The van der Waals surface area contributed by atoms with Gasteiger partial charge in [-0.15, -0.1) is 11.3 Å². The van der Waals surface area contributed by atoms with Gasteiger partial charge in [0.1, 0.15) is 11.1 Å². The zero-order valence-electron chi connectivity index (χ0n) is 12.9. The topological polar surface area (TPSA) is 81.7 Å². The van der Waals surface area contributed by atoms with E-state index in [9.17, 15) is 14.4 Å². The van der Waals surface area contributed by atoms with Crippen LogP contribution in [0.4, 0.5) is 5.00 Å². The summed E-state index contributed by atoms with van der Waals surface area (Å²) in [6.07, 6.45) is 0.994. The van der Waals surface area contributed by atoms with Crippen LogP contribution in [0.5, 0.6) is 0 Å². The van der Waals surface area contributed by atoms with E-state index in [1.54, 1.807) is 13.8 Å². The molecule has 1 aliphatic rings. The van der Waals surface area contributed by atoms with Crippen molar-refractivity contribution >= 4 is 34.0 Å². The number of thiophene rings is 1. The molecule has 0 aromatic carbocycles. The standard InChI is InChI=1S/C15H19NO5S/c1-4-20-15(19)11-8(2)12(9(3)17)22-14(11)16-13(18)10-6-5-7-21-10/h10H,4-7H2,1-3H3,(H,16,18). The molecule has 2 heterocycles. The number of anilines is 1. The SMILES string of the molecule is CCOC(=O)c1c(NC(=O)C2CCCO2)sc(C(C)=O)c1C. The van der Waals surface area contributed by atoms with Crippen molar-refractivity contribution in [2.24, 2.45) is 0 Å². The monoisotopic (exact) mass is 325 g/mol. The molecular weight excluding hydrogens is 306 g/mol. The largest absolute Gasteiger partial charge is 0.462 e. The van der Waals surface area contributed by atoms with E-state index in [2.05, 4.69) is 5.32 Å². The summed E-state index contributed by atoms with van der Waals surface area (Å²) in [6, 6.07) is 0. The maximum atomic E-state index is 12.2. The molecule has 0 bridgehead atoms. The van der Waals surface area contributed by atoms with Gasteiger partial charge >= 0.3 is 5.97 Å². The Kier molecular flexibility index (Phi) is 5.31. The first-order valence-electron chi connectivity index (χ1n) is 7.19. The summed E-state index contributed by atoms with van der Waals surface area (Å²) in [7, 11) is 0. The number of ether oxygens (including phenoxy) is 2. The normalized spacial score (nSPS) is 17.3. The minimum Gasteiger partial charge on any atom is -0.462 e. The molecule has 1 aromatic rings. The average molecular weight is 325 g/mol. The lowest BCUT2D eigenvalue weighted by atomic mass is 10.1. The molecule has 0 aliphatic carbocycles. The quantitative estimate of drug-likeness (QED) is 0.664. The Morgan fingerprint density at radius 3 is 2.68 bits per heavy atom. The fraction of sp³-hybridized carbons (Fsp3) is 0.533. The van der Waals surface area contributed by atoms with E-state index in [1.807, 2.05) is 0 Å². The van der Waals surface area contributed by atoms with Crippen LogP contribution in [0.25, 0.3) is 0 Å². The number of nitrogens with one attached hydrogen (secondary N) is 1. The van der Waals surface area contributed by atoms with Crippen LogP contribution in [-0.4, -0.2) is 37.0 Å². The van der Waals surface area contributed by atoms with Gasteiger partial charge in [0, 0.05) is 6.61 Å². The Morgan fingerprint density at radius 1 is 1.41 bits per heavy atom. The van der Waals surface area contributed by atoms with Gasteiger partial charge in [-0.05, 0) is 39.2 Å². The molecule has 0 spiro atoms. The summed E-state index contributed by atoms with van der Waals surface area (Å²) in [5, 5.41) is 3.06. The van der Waals surface area contributed by atoms with Crippen LogP contribution in [0.2, 0.25) is 0 Å². The van der Waals surface area contributed by atoms with Crippen LogP contribution in [0.3, 0.4) is 0 Å². The van der Waals surface area contributed by atoms with Crippen molar-refractivity contribution in [2.45, 2.75) is 39.7 Å². The zero-order chi connectivity index (χ0) is 16.3. The second kappa shape index (κ2) is 7.02. The van der Waals surface area contributed by atoms with E-state index in [1.165, 1.54) is 6.92 Å². The molecule has 22 heavy (non-hydrogen) atoms. The third-order valence-electron chi connectivity index (χ3n) is 3.40. The lowest BCUT2D eigenvalue weighted by molar-refractivity contribution is -0.124. The number of carbonyl (C=O) groups is 3. The number of ketones is 1. The number of carbonyl (C=O) groups excluding carboxylic acids is 3. The Balaban J connectivity index is 2.31. The Bertz CT molecular complexity index is 601. The fourth-order valence-corrected chi connectivity index (χ4v) is 3.46. The Hall–Kier alpha value is -1.73. The third kappa shape index (κ3) is 3.36. The second-order valence-electron chi connectivity index (χ2n) is 5.03. The smallest absolute Gasteiger partial charge is 0.341 e. The third-order valence-corrected chi connectivity index (χ3v) is 4.71. The zero-order valence-corrected chi connectivity index (χ0v) is 13.7. The maximum Gasteiger partial charge on any atom is 0.341 e. The summed E-state index contributed by atoms with van der Waals surface area (Å²) < 4.78 is 10.4. The number of hydrogen-bond donors (Lipinski definition) is 1. The first-order valence-corrected chi connectivity index (χ1v) is 8.01. The van der Waals surface area contributed by atoms with Crippen molar-refractivity contribution in [3.63, 3.8) is 0 Å². The molecule has 6 nitrogen and oxygen atoms in total. The van der Waals surface area contributed by atoms with E-state index in [0.29, 0.717) is 28.5 Å². The van der Waals surface area contributed by atoms with Gasteiger partial charge in [0.25, 0.3) is 5.91 Å². The minimum atomic E-state index is -0.536. The minimum absolute atomic E-state index is 0.148. The molecule has 1 unspecified atom stereocenters. The van der Waals surface area contributed by atoms with E-state index < -0.39 is 12.1 Å². The molecule has 1 saturated heterocycles. The van der Waals surface area contributed by atoms with E-state index in [-0.39, 0.29) is 23.9 Å². The van der Waals surface area contributed by atoms with Crippen LogP contribution in [-0.2, 0) is 14.3 Å². The van der Waals surface area contributed by atoms with Gasteiger partial charge in [-0.2, -0.15) is 0 Å². The molecule has 1 atom stereocenters. The molecule has 0 radical (unpaired) electrons. The number of Topliss-reactive ketones (excluding diaryl/α,β-unsaturated/α-hetero) is 1. The van der Waals surface area contributed by atoms with Gasteiger partial charge in [-0.25, -0.2) is 4.79 Å². The van der Waals surface area contributed by atoms with Gasteiger partial charge in [0.15, 0.2) is 5.78 Å². The van der Waals surface area contributed by atoms with Crippen molar-refractivity contribution < 1.29 is 23.9 Å². The Labute approximate surface area is 132 Å². The molecular formula is C15H19NO5S. The molecule has 0 saturated carbocycles. The van der Waals surface area contributed by atoms with Crippen molar-refractivity contribution in [1.29, 1.82) is 0 Å². The van der Waals surface area contributed by atoms with Crippen LogP contribution in [0.1, 0.15) is 52.3 Å². The van der Waals surface area contributed by atoms with Gasteiger partial charge in [0.05, 0.1) is 17.0 Å². The average Bonchev–Trinajstić information content (AvgIpc) is 3.07. The van der Waals surface area contributed by atoms with E-state index in [0.717, 1.165) is 17.8 Å². The first-order chi connectivity index (χ1) is 10.5. The van der Waals surface area contributed by atoms with Gasteiger partial charge in [-0.1, -0.05) is 0 Å². The Morgan fingerprint density at radius 2 is 2.14 bits per heavy atom. The number of rotatable bonds is 5. The lowest BCUT2D eigenvalue weighted by Crippen LogP contribution is -2.27. The molecule has 1 amide bonds. The van der Waals surface area contributed by atoms with Crippen molar-refractivity contribution in [3.8, 4) is 0 Å². The van der Waals surface area contributed by atoms with E-state index in [4.69, 9.17) is 9.47 Å². The number of esters is 1. The van der Waals surface area contributed by atoms with Crippen molar-refractivity contribution in [2.75, 3.05) is 18.5 Å². The molecule has 1 aliphatic heterocycles. The van der Waals surface area contributed by atoms with Crippen LogP contribution in [0, 0.1) is 6.92 Å². The molecule has 1 fully saturated rings. The predicted molar refractivity (Wildman–Crippen MR) is 82.6 cm³/mol. The predicted octanol–water partition coefficient (Wildman–Crippen LogP) is 2.55. The van der Waals surface area contributed by atoms with Crippen LogP contribution in [0.15, 0.2) is 0 Å². The highest BCUT2D eigenvalue weighted by Gasteiger charge is 2.29. The number of hydrogen-bond acceptors (Lipinski definition) is 6. The van der Waals surface area contributed by atoms with Gasteiger partial charge in [0.2, 0.25) is 0 Å². The summed E-state index contributed by atoms with van der Waals surface area (Å²) in [4.78, 5) is 36.4. The van der Waals surface area contributed by atoms with Gasteiger partial charge < -0.3 is 14.8 Å². The molecule has 120 valence electrons. The highest BCUT2D eigenvalue weighted by atomic mass is 32.1.